The van der Waals surface area contributed by atoms with Gasteiger partial charge in [-0.15, -0.1) is 5.10 Å². The molecule has 4 nitrogen and oxygen atoms in total. The third kappa shape index (κ3) is 2.04. The summed E-state index contributed by atoms with van der Waals surface area (Å²) in [5.41, 5.74) is 1.00. The molecule has 1 aromatic carbocycles. The fourth-order valence-corrected chi connectivity index (χ4v) is 2.43. The number of nitrogens with zero attached hydrogens (tertiary/aromatic N) is 2. The second kappa shape index (κ2) is 4.23. The van der Waals surface area contributed by atoms with Crippen molar-refractivity contribution >= 4 is 45.1 Å². The number of aromatic nitrogens is 3. The van der Waals surface area contributed by atoms with Crippen LogP contribution in [0, 0.1) is 3.95 Å². The van der Waals surface area contributed by atoms with E-state index in [0.717, 1.165) is 21.6 Å². The van der Waals surface area contributed by atoms with E-state index in [-0.39, 0.29) is 0 Å². The molecule has 2 heterocycles. The van der Waals surface area contributed by atoms with Crippen molar-refractivity contribution in [3.63, 3.8) is 0 Å². The molecule has 84 valence electrons. The van der Waals surface area contributed by atoms with Gasteiger partial charge in [-0.05, 0) is 24.4 Å². The van der Waals surface area contributed by atoms with E-state index in [9.17, 15) is 0 Å². The Morgan fingerprint density at radius 3 is 3.06 bits per heavy atom. The van der Waals surface area contributed by atoms with Crippen LogP contribution in [0.2, 0.25) is 0 Å². The zero-order valence-electron chi connectivity index (χ0n) is 8.68. The van der Waals surface area contributed by atoms with E-state index < -0.39 is 0 Å². The first-order valence-electron chi connectivity index (χ1n) is 4.98. The van der Waals surface area contributed by atoms with Crippen LogP contribution >= 0.6 is 23.6 Å². The van der Waals surface area contributed by atoms with Crippen LogP contribution in [0.15, 0.2) is 36.7 Å². The number of hydrogen-bond acceptors (Lipinski definition) is 5. The van der Waals surface area contributed by atoms with E-state index in [4.69, 9.17) is 12.2 Å². The molecule has 0 bridgehead atoms. The minimum atomic E-state index is 0.661. The average Bonchev–Trinajstić information content (AvgIpc) is 2.75. The molecular weight excluding hydrogens is 252 g/mol. The third-order valence-corrected chi connectivity index (χ3v) is 3.37. The highest BCUT2D eigenvalue weighted by Gasteiger charge is 2.02. The summed E-state index contributed by atoms with van der Waals surface area (Å²) in [6.45, 7) is 0. The van der Waals surface area contributed by atoms with Gasteiger partial charge in [-0.1, -0.05) is 23.5 Å². The maximum absolute atomic E-state index is 5.00. The summed E-state index contributed by atoms with van der Waals surface area (Å²) >= 11 is 6.41. The number of rotatable bonds is 2. The van der Waals surface area contributed by atoms with Gasteiger partial charge >= 0.3 is 0 Å². The second-order valence-corrected chi connectivity index (χ2v) is 5.11. The molecule has 0 aliphatic rings. The van der Waals surface area contributed by atoms with Gasteiger partial charge in [0.2, 0.25) is 5.13 Å². The molecule has 0 unspecified atom stereocenters. The van der Waals surface area contributed by atoms with Gasteiger partial charge in [0.25, 0.3) is 0 Å². The van der Waals surface area contributed by atoms with Crippen LogP contribution in [-0.4, -0.2) is 15.2 Å². The Bertz CT molecular complexity index is 711. The van der Waals surface area contributed by atoms with Crippen LogP contribution in [0.1, 0.15) is 0 Å². The van der Waals surface area contributed by atoms with Crippen molar-refractivity contribution in [1.29, 1.82) is 0 Å². The van der Waals surface area contributed by atoms with Crippen LogP contribution < -0.4 is 5.32 Å². The zero-order chi connectivity index (χ0) is 11.7. The van der Waals surface area contributed by atoms with Crippen molar-refractivity contribution in [2.24, 2.45) is 0 Å². The van der Waals surface area contributed by atoms with E-state index >= 15 is 0 Å². The van der Waals surface area contributed by atoms with Crippen LogP contribution in [0.3, 0.4) is 0 Å². The smallest absolute Gasteiger partial charge is 0.208 e. The lowest BCUT2D eigenvalue weighted by atomic mass is 10.1. The Hall–Kier alpha value is -1.79. The molecule has 2 N–H and O–H groups in total. The molecule has 0 aliphatic carbocycles. The van der Waals surface area contributed by atoms with Crippen LogP contribution in [0.25, 0.3) is 10.8 Å². The summed E-state index contributed by atoms with van der Waals surface area (Å²) < 4.78 is 0.661. The Kier molecular flexibility index (Phi) is 2.58. The lowest BCUT2D eigenvalue weighted by Crippen LogP contribution is -1.90. The van der Waals surface area contributed by atoms with Crippen LogP contribution in [0.5, 0.6) is 0 Å². The number of H-pyrrole nitrogens is 1. The summed E-state index contributed by atoms with van der Waals surface area (Å²) in [4.78, 5) is 4.10. The third-order valence-electron chi connectivity index (χ3n) is 2.36. The normalized spacial score (nSPS) is 10.6. The van der Waals surface area contributed by atoms with Gasteiger partial charge in [0.05, 0.1) is 0 Å². The molecular formula is C11H8N4S2. The molecule has 0 fully saturated rings. The predicted molar refractivity (Wildman–Crippen MR) is 72.3 cm³/mol. The molecule has 0 radical (unpaired) electrons. The number of benzene rings is 1. The minimum Gasteiger partial charge on any atom is -0.330 e. The van der Waals surface area contributed by atoms with Crippen LogP contribution in [0.4, 0.5) is 10.8 Å². The molecule has 2 aromatic heterocycles. The summed E-state index contributed by atoms with van der Waals surface area (Å²) in [7, 11) is 0. The average molecular weight is 260 g/mol. The monoisotopic (exact) mass is 260 g/mol. The molecule has 3 aromatic rings. The number of hydrogen-bond donors (Lipinski definition) is 2. The maximum atomic E-state index is 5.00. The molecule has 0 saturated carbocycles. The molecule has 0 spiro atoms. The standard InChI is InChI=1S/C11H8N4S2/c16-11-15-14-10(17-11)13-9-3-1-2-7-6-12-5-4-8(7)9/h1-6H,(H,13,14)(H,15,16). The lowest BCUT2D eigenvalue weighted by Gasteiger charge is -2.05. The Morgan fingerprint density at radius 1 is 1.29 bits per heavy atom. The van der Waals surface area contributed by atoms with Gasteiger partial charge in [-0.3, -0.25) is 10.1 Å². The topological polar surface area (TPSA) is 53.6 Å². The summed E-state index contributed by atoms with van der Waals surface area (Å²) in [5.74, 6) is 0. The van der Waals surface area contributed by atoms with E-state index in [1.54, 1.807) is 6.20 Å². The SMILES string of the molecule is S=c1[nH]nc(Nc2cccc3cnccc23)s1. The largest absolute Gasteiger partial charge is 0.330 e. The molecule has 0 amide bonds. The molecule has 0 aliphatic heterocycles. The van der Waals surface area contributed by atoms with Crippen molar-refractivity contribution in [2.75, 3.05) is 5.32 Å². The first kappa shape index (κ1) is 10.4. The highest BCUT2D eigenvalue weighted by Crippen LogP contribution is 2.26. The molecule has 0 saturated heterocycles. The number of nitrogens with one attached hydrogen (secondary N) is 2. The van der Waals surface area contributed by atoms with Crippen molar-refractivity contribution in [2.45, 2.75) is 0 Å². The van der Waals surface area contributed by atoms with Gasteiger partial charge in [0, 0.05) is 28.9 Å². The number of fused-ring (bicyclic) bond motifs is 1. The van der Waals surface area contributed by atoms with Crippen molar-refractivity contribution in [1.82, 2.24) is 15.2 Å². The summed E-state index contributed by atoms with van der Waals surface area (Å²) in [6, 6.07) is 7.99. The van der Waals surface area contributed by atoms with Gasteiger partial charge in [0.1, 0.15) is 0 Å². The van der Waals surface area contributed by atoms with Gasteiger partial charge in [0.15, 0.2) is 3.95 Å². The first-order valence-corrected chi connectivity index (χ1v) is 6.21. The number of anilines is 2. The molecule has 6 heteroatoms. The summed E-state index contributed by atoms with van der Waals surface area (Å²) in [6.07, 6.45) is 3.62. The van der Waals surface area contributed by atoms with E-state index in [1.165, 1.54) is 11.3 Å². The zero-order valence-corrected chi connectivity index (χ0v) is 10.3. The van der Waals surface area contributed by atoms with E-state index in [1.807, 2.05) is 30.5 Å². The predicted octanol–water partition coefficient (Wildman–Crippen LogP) is 3.49. The quantitative estimate of drug-likeness (QED) is 0.692. The Labute approximate surface area is 106 Å². The van der Waals surface area contributed by atoms with Crippen molar-refractivity contribution in [3.05, 3.63) is 40.6 Å². The Morgan fingerprint density at radius 2 is 2.24 bits per heavy atom. The van der Waals surface area contributed by atoms with Gasteiger partial charge < -0.3 is 5.32 Å². The maximum Gasteiger partial charge on any atom is 0.208 e. The molecule has 3 rings (SSSR count). The molecule has 0 atom stereocenters. The number of pyridine rings is 1. The first-order chi connectivity index (χ1) is 8.33. The van der Waals surface area contributed by atoms with Gasteiger partial charge in [-0.25, -0.2) is 0 Å². The minimum absolute atomic E-state index is 0.661. The number of aromatic amines is 1. The van der Waals surface area contributed by atoms with Gasteiger partial charge in [-0.2, -0.15) is 0 Å². The second-order valence-electron chi connectivity index (χ2n) is 3.45. The van der Waals surface area contributed by atoms with Crippen molar-refractivity contribution < 1.29 is 0 Å². The Balaban J connectivity index is 2.08. The summed E-state index contributed by atoms with van der Waals surface area (Å²) in [5, 5.41) is 13.0. The highest BCUT2D eigenvalue weighted by atomic mass is 32.1. The lowest BCUT2D eigenvalue weighted by molar-refractivity contribution is 1.08. The van der Waals surface area contributed by atoms with Crippen LogP contribution in [-0.2, 0) is 0 Å². The van der Waals surface area contributed by atoms with E-state index in [2.05, 4.69) is 20.5 Å². The molecule has 17 heavy (non-hydrogen) atoms. The fraction of sp³-hybridized carbons (Fsp3) is 0. The van der Waals surface area contributed by atoms with Crippen molar-refractivity contribution in [3.8, 4) is 0 Å². The highest BCUT2D eigenvalue weighted by molar-refractivity contribution is 7.73. The fourth-order valence-electron chi connectivity index (χ4n) is 1.63. The van der Waals surface area contributed by atoms with E-state index in [0.29, 0.717) is 3.95 Å².